The van der Waals surface area contributed by atoms with Crippen molar-refractivity contribution in [1.29, 1.82) is 0 Å². The summed E-state index contributed by atoms with van der Waals surface area (Å²) in [5.74, 6) is 0.704. The van der Waals surface area contributed by atoms with Gasteiger partial charge in [-0.25, -0.2) is 4.98 Å². The Kier molecular flexibility index (Phi) is 6.54. The van der Waals surface area contributed by atoms with E-state index in [-0.39, 0.29) is 11.8 Å². The van der Waals surface area contributed by atoms with Crippen LogP contribution in [0.25, 0.3) is 0 Å². The fourth-order valence-corrected chi connectivity index (χ4v) is 3.82. The van der Waals surface area contributed by atoms with Crippen LogP contribution in [0.3, 0.4) is 0 Å². The molecule has 0 saturated carbocycles. The van der Waals surface area contributed by atoms with E-state index in [1.54, 1.807) is 6.20 Å². The molecule has 1 saturated heterocycles. The van der Waals surface area contributed by atoms with Gasteiger partial charge >= 0.3 is 0 Å². The topological polar surface area (TPSA) is 83.6 Å². The average Bonchev–Trinajstić information content (AvgIpc) is 3.06. The molecule has 1 aliphatic heterocycles. The SMILES string of the molecule is Cc1cc(NC(=O)C(C)(C)C)sc1C(=O)NCc1ccc(N2CCOCC2)nc1. The first kappa shape index (κ1) is 21.3. The van der Waals surface area contributed by atoms with Gasteiger partial charge in [0, 0.05) is 31.2 Å². The number of nitrogens with zero attached hydrogens (tertiary/aromatic N) is 2. The molecule has 1 fully saturated rings. The van der Waals surface area contributed by atoms with E-state index in [1.165, 1.54) is 11.3 Å². The van der Waals surface area contributed by atoms with Crippen LogP contribution in [-0.4, -0.2) is 43.1 Å². The lowest BCUT2D eigenvalue weighted by Gasteiger charge is -2.27. The third-order valence-corrected chi connectivity index (χ3v) is 5.79. The molecule has 2 amide bonds. The highest BCUT2D eigenvalue weighted by atomic mass is 32.1. The first-order valence-corrected chi connectivity index (χ1v) is 10.5. The average molecular weight is 417 g/mol. The van der Waals surface area contributed by atoms with Gasteiger partial charge in [0.1, 0.15) is 5.82 Å². The van der Waals surface area contributed by atoms with E-state index in [2.05, 4.69) is 20.5 Å². The Morgan fingerprint density at radius 1 is 1.24 bits per heavy atom. The number of hydrogen-bond acceptors (Lipinski definition) is 6. The normalized spacial score (nSPS) is 14.6. The van der Waals surface area contributed by atoms with Gasteiger partial charge in [-0.2, -0.15) is 0 Å². The molecule has 2 aromatic rings. The zero-order valence-corrected chi connectivity index (χ0v) is 18.2. The molecule has 0 radical (unpaired) electrons. The second kappa shape index (κ2) is 8.92. The lowest BCUT2D eigenvalue weighted by molar-refractivity contribution is -0.123. The number of thiophene rings is 1. The van der Waals surface area contributed by atoms with Crippen LogP contribution in [-0.2, 0) is 16.1 Å². The van der Waals surface area contributed by atoms with Crippen LogP contribution in [0.4, 0.5) is 10.8 Å². The highest BCUT2D eigenvalue weighted by Crippen LogP contribution is 2.28. The van der Waals surface area contributed by atoms with Crippen molar-refractivity contribution in [2.24, 2.45) is 5.41 Å². The Morgan fingerprint density at radius 3 is 2.59 bits per heavy atom. The molecule has 3 heterocycles. The third-order valence-electron chi connectivity index (χ3n) is 4.64. The number of carbonyl (C=O) groups excluding carboxylic acids is 2. The summed E-state index contributed by atoms with van der Waals surface area (Å²) < 4.78 is 5.36. The molecule has 0 aromatic carbocycles. The van der Waals surface area contributed by atoms with Crippen LogP contribution in [0.5, 0.6) is 0 Å². The van der Waals surface area contributed by atoms with Gasteiger partial charge in [0.15, 0.2) is 0 Å². The van der Waals surface area contributed by atoms with E-state index in [1.807, 2.05) is 45.9 Å². The molecule has 2 aromatic heterocycles. The number of aryl methyl sites for hydroxylation is 1. The van der Waals surface area contributed by atoms with E-state index in [0.29, 0.717) is 16.4 Å². The second-order valence-corrected chi connectivity index (χ2v) is 9.19. The summed E-state index contributed by atoms with van der Waals surface area (Å²) in [4.78, 5) is 32.0. The zero-order valence-electron chi connectivity index (χ0n) is 17.4. The molecule has 29 heavy (non-hydrogen) atoms. The predicted octanol–water partition coefficient (Wildman–Crippen LogP) is 3.20. The maximum atomic E-state index is 12.6. The lowest BCUT2D eigenvalue weighted by Crippen LogP contribution is -2.36. The molecule has 1 aliphatic rings. The molecule has 0 spiro atoms. The molecule has 0 atom stereocenters. The Morgan fingerprint density at radius 2 is 1.97 bits per heavy atom. The van der Waals surface area contributed by atoms with Crippen LogP contribution < -0.4 is 15.5 Å². The molecule has 2 N–H and O–H groups in total. The van der Waals surface area contributed by atoms with Crippen LogP contribution in [0, 0.1) is 12.3 Å². The second-order valence-electron chi connectivity index (χ2n) is 8.13. The van der Waals surface area contributed by atoms with E-state index in [4.69, 9.17) is 4.74 Å². The van der Waals surface area contributed by atoms with Crippen molar-refractivity contribution in [2.45, 2.75) is 34.2 Å². The number of morpholine rings is 1. The zero-order chi connectivity index (χ0) is 21.0. The number of ether oxygens (including phenoxy) is 1. The summed E-state index contributed by atoms with van der Waals surface area (Å²) in [6.45, 7) is 11.0. The number of amides is 2. The molecule has 7 nitrogen and oxygen atoms in total. The van der Waals surface area contributed by atoms with Gasteiger partial charge in [-0.05, 0) is 30.2 Å². The fraction of sp³-hybridized carbons (Fsp3) is 0.476. The molecular weight excluding hydrogens is 388 g/mol. The number of rotatable bonds is 5. The van der Waals surface area contributed by atoms with Crippen molar-refractivity contribution in [1.82, 2.24) is 10.3 Å². The molecule has 0 unspecified atom stereocenters. The standard InChI is InChI=1S/C21H28N4O3S/c1-14-11-17(24-20(27)21(2,3)4)29-18(14)19(26)23-13-15-5-6-16(22-12-15)25-7-9-28-10-8-25/h5-6,11-12H,7-10,13H2,1-4H3,(H,23,26)(H,24,27). The minimum Gasteiger partial charge on any atom is -0.378 e. The number of hydrogen-bond donors (Lipinski definition) is 2. The highest BCUT2D eigenvalue weighted by molar-refractivity contribution is 7.18. The maximum Gasteiger partial charge on any atom is 0.261 e. The number of nitrogens with one attached hydrogen (secondary N) is 2. The van der Waals surface area contributed by atoms with Crippen LogP contribution >= 0.6 is 11.3 Å². The van der Waals surface area contributed by atoms with Gasteiger partial charge in [-0.1, -0.05) is 26.8 Å². The fourth-order valence-electron chi connectivity index (χ4n) is 2.83. The lowest BCUT2D eigenvalue weighted by atomic mass is 9.96. The van der Waals surface area contributed by atoms with E-state index in [0.717, 1.165) is 43.2 Å². The van der Waals surface area contributed by atoms with Crippen LogP contribution in [0.15, 0.2) is 24.4 Å². The van der Waals surface area contributed by atoms with Gasteiger partial charge in [0.25, 0.3) is 5.91 Å². The summed E-state index contributed by atoms with van der Waals surface area (Å²) >= 11 is 1.29. The van der Waals surface area contributed by atoms with Crippen molar-refractivity contribution >= 4 is 34.0 Å². The van der Waals surface area contributed by atoms with Crippen molar-refractivity contribution in [3.05, 3.63) is 40.4 Å². The molecule has 0 bridgehead atoms. The van der Waals surface area contributed by atoms with Crippen LogP contribution in [0.1, 0.15) is 41.6 Å². The van der Waals surface area contributed by atoms with Crippen LogP contribution in [0.2, 0.25) is 0 Å². The number of aromatic nitrogens is 1. The number of pyridine rings is 1. The van der Waals surface area contributed by atoms with Crippen molar-refractivity contribution in [3.8, 4) is 0 Å². The molecule has 8 heteroatoms. The monoisotopic (exact) mass is 416 g/mol. The predicted molar refractivity (Wildman–Crippen MR) is 116 cm³/mol. The Bertz CT molecular complexity index is 865. The summed E-state index contributed by atoms with van der Waals surface area (Å²) in [5.41, 5.74) is 1.30. The number of carbonyl (C=O) groups is 2. The quantitative estimate of drug-likeness (QED) is 0.782. The first-order chi connectivity index (χ1) is 13.7. The molecule has 3 rings (SSSR count). The number of anilines is 2. The van der Waals surface area contributed by atoms with Gasteiger partial charge in [0.2, 0.25) is 5.91 Å². The maximum absolute atomic E-state index is 12.6. The summed E-state index contributed by atoms with van der Waals surface area (Å²) in [7, 11) is 0. The highest BCUT2D eigenvalue weighted by Gasteiger charge is 2.23. The minimum absolute atomic E-state index is 0.0721. The smallest absolute Gasteiger partial charge is 0.261 e. The largest absolute Gasteiger partial charge is 0.378 e. The molecule has 156 valence electrons. The van der Waals surface area contributed by atoms with Gasteiger partial charge in [-0.15, -0.1) is 11.3 Å². The van der Waals surface area contributed by atoms with E-state index in [9.17, 15) is 9.59 Å². The minimum atomic E-state index is -0.485. The first-order valence-electron chi connectivity index (χ1n) is 9.72. The molecular formula is C21H28N4O3S. The summed E-state index contributed by atoms with van der Waals surface area (Å²) in [5, 5.41) is 6.51. The van der Waals surface area contributed by atoms with Crippen molar-refractivity contribution in [2.75, 3.05) is 36.5 Å². The Hall–Kier alpha value is -2.45. The van der Waals surface area contributed by atoms with Gasteiger partial charge in [0.05, 0.1) is 23.1 Å². The third kappa shape index (κ3) is 5.55. The van der Waals surface area contributed by atoms with E-state index >= 15 is 0 Å². The molecule has 0 aliphatic carbocycles. The van der Waals surface area contributed by atoms with Gasteiger partial charge in [-0.3, -0.25) is 9.59 Å². The summed E-state index contributed by atoms with van der Waals surface area (Å²) in [6, 6.07) is 5.79. The Labute approximate surface area is 175 Å². The van der Waals surface area contributed by atoms with E-state index < -0.39 is 5.41 Å². The van der Waals surface area contributed by atoms with Crippen molar-refractivity contribution in [3.63, 3.8) is 0 Å². The summed E-state index contributed by atoms with van der Waals surface area (Å²) in [6.07, 6.45) is 1.79. The van der Waals surface area contributed by atoms with Crippen molar-refractivity contribution < 1.29 is 14.3 Å². The Balaban J connectivity index is 1.57. The van der Waals surface area contributed by atoms with Gasteiger partial charge < -0.3 is 20.3 Å².